The third kappa shape index (κ3) is 4.92. The Kier molecular flexibility index (Phi) is 6.28. The molecule has 0 amide bonds. The summed E-state index contributed by atoms with van der Waals surface area (Å²) in [6.07, 6.45) is -11.5. The Hall–Kier alpha value is -1.82. The van der Waals surface area contributed by atoms with Gasteiger partial charge in [-0.05, 0) is 45.7 Å². The van der Waals surface area contributed by atoms with Crippen molar-refractivity contribution in [1.29, 1.82) is 0 Å². The van der Waals surface area contributed by atoms with E-state index >= 15 is 0 Å². The number of amidine groups is 1. The van der Waals surface area contributed by atoms with Gasteiger partial charge >= 0.3 is 12.4 Å². The molecule has 27 heavy (non-hydrogen) atoms. The number of alkyl halides is 6. The Morgan fingerprint density at radius 2 is 1.37 bits per heavy atom. The van der Waals surface area contributed by atoms with Crippen molar-refractivity contribution < 1.29 is 34.8 Å². The monoisotopic (exact) mass is 419 g/mol. The summed E-state index contributed by atoms with van der Waals surface area (Å²) in [7, 11) is -4.26. The minimum Gasteiger partial charge on any atom is -0.296 e. The molecule has 0 radical (unpaired) electrons. The lowest BCUT2D eigenvalue weighted by Gasteiger charge is -2.30. The van der Waals surface area contributed by atoms with Gasteiger partial charge in [-0.1, -0.05) is 17.7 Å². The van der Waals surface area contributed by atoms with Crippen molar-refractivity contribution in [2.75, 3.05) is 0 Å². The third-order valence-electron chi connectivity index (χ3n) is 3.73. The van der Waals surface area contributed by atoms with Gasteiger partial charge in [0.05, 0.1) is 4.90 Å². The number of aryl methyl sites for hydroxylation is 3. The van der Waals surface area contributed by atoms with E-state index in [1.807, 2.05) is 0 Å². The maximum Gasteiger partial charge on any atom is 0.422 e. The molecule has 0 aromatic heterocycles. The van der Waals surface area contributed by atoms with E-state index in [1.165, 1.54) is 13.8 Å². The van der Waals surface area contributed by atoms with Crippen molar-refractivity contribution in [1.82, 2.24) is 10.3 Å². The third-order valence-corrected chi connectivity index (χ3v) is 5.29. The summed E-state index contributed by atoms with van der Waals surface area (Å²) in [5.41, 5.74) is -1.06. The summed E-state index contributed by atoms with van der Waals surface area (Å²) in [4.78, 5) is 4.26. The van der Waals surface area contributed by atoms with Gasteiger partial charge in [-0.15, -0.1) is 4.83 Å². The molecule has 0 bridgehead atoms. The summed E-state index contributed by atoms with van der Waals surface area (Å²) in [6, 6.07) is 3.15. The Labute approximate surface area is 152 Å². The molecule has 2 N–H and O–H groups in total. The van der Waals surface area contributed by atoms with Crippen molar-refractivity contribution in [3.63, 3.8) is 0 Å². The van der Waals surface area contributed by atoms with Crippen LogP contribution in [0.4, 0.5) is 26.3 Å². The fourth-order valence-electron chi connectivity index (χ4n) is 2.43. The van der Waals surface area contributed by atoms with Gasteiger partial charge in [0.15, 0.2) is 0 Å². The second-order valence-corrected chi connectivity index (χ2v) is 7.84. The molecule has 0 heterocycles. The molecule has 0 aliphatic rings. The highest BCUT2D eigenvalue weighted by molar-refractivity contribution is 7.89. The van der Waals surface area contributed by atoms with Crippen molar-refractivity contribution in [2.45, 2.75) is 57.4 Å². The van der Waals surface area contributed by atoms with Crippen LogP contribution < -0.4 is 10.3 Å². The highest BCUT2D eigenvalue weighted by Gasteiger charge is 2.68. The zero-order valence-corrected chi connectivity index (χ0v) is 15.9. The fourth-order valence-corrected chi connectivity index (χ4v) is 3.78. The molecule has 0 saturated heterocycles. The topological polar surface area (TPSA) is 70.6 Å². The lowest BCUT2D eigenvalue weighted by molar-refractivity contribution is -0.289. The molecule has 0 aliphatic carbocycles. The predicted molar refractivity (Wildman–Crippen MR) is 87.7 cm³/mol. The number of hydrogen-bond acceptors (Lipinski definition) is 3. The smallest absolute Gasteiger partial charge is 0.296 e. The van der Waals surface area contributed by atoms with Crippen LogP contribution in [0.25, 0.3) is 0 Å². The molecule has 12 heteroatoms. The first-order valence-electron chi connectivity index (χ1n) is 7.48. The van der Waals surface area contributed by atoms with Gasteiger partial charge in [-0.2, -0.15) is 26.3 Å². The number of hydrazine groups is 1. The van der Waals surface area contributed by atoms with Crippen LogP contribution in [0.5, 0.6) is 0 Å². The Morgan fingerprint density at radius 3 is 1.74 bits per heavy atom. The predicted octanol–water partition coefficient (Wildman–Crippen LogP) is 3.70. The van der Waals surface area contributed by atoms with E-state index in [1.54, 1.807) is 29.3 Å². The molecule has 0 atom stereocenters. The van der Waals surface area contributed by atoms with Crippen LogP contribution in [0.1, 0.15) is 30.5 Å². The molecule has 1 rings (SSSR count). The van der Waals surface area contributed by atoms with E-state index in [-0.39, 0.29) is 11.8 Å². The van der Waals surface area contributed by atoms with Gasteiger partial charge in [-0.3, -0.25) is 5.43 Å². The molecular weight excluding hydrogens is 400 g/mol. The average molecular weight is 419 g/mol. The first-order chi connectivity index (χ1) is 11.9. The number of aliphatic imine (C=N–C) groups is 1. The zero-order chi connectivity index (χ0) is 21.4. The van der Waals surface area contributed by atoms with Gasteiger partial charge in [0, 0.05) is 0 Å². The number of nitrogens with zero attached hydrogens (tertiary/aromatic N) is 1. The number of sulfonamides is 1. The number of hydrogen-bond donors (Lipinski definition) is 2. The second kappa shape index (κ2) is 7.30. The van der Waals surface area contributed by atoms with E-state index in [0.29, 0.717) is 11.1 Å². The first kappa shape index (κ1) is 23.2. The van der Waals surface area contributed by atoms with E-state index in [4.69, 9.17) is 0 Å². The van der Waals surface area contributed by atoms with Gasteiger partial charge in [0.25, 0.3) is 10.0 Å². The average Bonchev–Trinajstić information content (AvgIpc) is 2.41. The number of benzene rings is 1. The number of rotatable bonds is 4. The Bertz CT molecular complexity index is 807. The van der Waals surface area contributed by atoms with Crippen LogP contribution in [0.2, 0.25) is 0 Å². The molecule has 1 aromatic rings. The molecule has 5 nitrogen and oxygen atoms in total. The first-order valence-corrected chi connectivity index (χ1v) is 8.96. The molecule has 0 spiro atoms. The molecule has 0 fully saturated rings. The SMILES string of the molecule is CC(=NC(C)(C(F)(F)F)C(F)(F)F)NNS(=O)(=O)c1c(C)cc(C)cc1C. The van der Waals surface area contributed by atoms with E-state index < -0.39 is 33.8 Å². The van der Waals surface area contributed by atoms with Gasteiger partial charge in [0.1, 0.15) is 5.84 Å². The minimum absolute atomic E-state index is 0.136. The molecule has 0 unspecified atom stereocenters. The number of halogens is 6. The van der Waals surface area contributed by atoms with E-state index in [9.17, 15) is 34.8 Å². The van der Waals surface area contributed by atoms with E-state index in [2.05, 4.69) is 4.99 Å². The fraction of sp³-hybridized carbons (Fsp3) is 0.533. The van der Waals surface area contributed by atoms with Crippen molar-refractivity contribution in [3.05, 3.63) is 28.8 Å². The molecular formula is C15H19F6N3O2S. The number of nitrogens with one attached hydrogen (secondary N) is 2. The van der Waals surface area contributed by atoms with Crippen LogP contribution in [-0.2, 0) is 10.0 Å². The van der Waals surface area contributed by atoms with Crippen molar-refractivity contribution >= 4 is 15.9 Å². The lowest BCUT2D eigenvalue weighted by atomic mass is 10.0. The van der Waals surface area contributed by atoms with Crippen LogP contribution in [0, 0.1) is 20.8 Å². The molecule has 1 aromatic carbocycles. The molecule has 154 valence electrons. The maximum absolute atomic E-state index is 12.8. The highest BCUT2D eigenvalue weighted by Crippen LogP contribution is 2.45. The van der Waals surface area contributed by atoms with Crippen molar-refractivity contribution in [2.24, 2.45) is 4.99 Å². The van der Waals surface area contributed by atoms with Gasteiger partial charge in [0.2, 0.25) is 5.54 Å². The normalized spacial score (nSPS) is 14.4. The lowest BCUT2D eigenvalue weighted by Crippen LogP contribution is -2.54. The summed E-state index contributed by atoms with van der Waals surface area (Å²) in [6.45, 7) is 5.42. The molecule has 0 aliphatic heterocycles. The maximum atomic E-state index is 12.8. The quantitative estimate of drug-likeness (QED) is 0.338. The molecule has 0 saturated carbocycles. The van der Waals surface area contributed by atoms with Crippen LogP contribution in [-0.4, -0.2) is 32.1 Å². The summed E-state index contributed by atoms with van der Waals surface area (Å²) >= 11 is 0. The highest BCUT2D eigenvalue weighted by atomic mass is 32.2. The standard InChI is InChI=1S/C15H19F6N3O2S/c1-8-6-9(2)12(10(3)7-8)27(25,26)24-23-11(4)22-13(5,14(16,17)18)15(19,20)21/h6-7,24H,1-5H3,(H,22,23). The van der Waals surface area contributed by atoms with Crippen LogP contribution in [0.15, 0.2) is 22.0 Å². The largest absolute Gasteiger partial charge is 0.422 e. The van der Waals surface area contributed by atoms with Crippen LogP contribution >= 0.6 is 0 Å². The minimum atomic E-state index is -5.73. The second-order valence-electron chi connectivity index (χ2n) is 6.22. The summed E-state index contributed by atoms with van der Waals surface area (Å²) in [5.74, 6) is -0.904. The summed E-state index contributed by atoms with van der Waals surface area (Å²) in [5, 5.41) is 0. The van der Waals surface area contributed by atoms with E-state index in [0.717, 1.165) is 12.5 Å². The van der Waals surface area contributed by atoms with Crippen molar-refractivity contribution in [3.8, 4) is 0 Å². The van der Waals surface area contributed by atoms with Crippen LogP contribution in [0.3, 0.4) is 0 Å². The summed E-state index contributed by atoms with van der Waals surface area (Å²) < 4.78 is 102. The van der Waals surface area contributed by atoms with Gasteiger partial charge in [-0.25, -0.2) is 13.4 Å². The Balaban J connectivity index is 3.18. The Morgan fingerprint density at radius 1 is 0.963 bits per heavy atom. The van der Waals surface area contributed by atoms with Gasteiger partial charge < -0.3 is 0 Å². The zero-order valence-electron chi connectivity index (χ0n) is 15.1.